The van der Waals surface area contributed by atoms with Gasteiger partial charge in [0.15, 0.2) is 6.29 Å². The lowest BCUT2D eigenvalue weighted by atomic mass is 10.0. The van der Waals surface area contributed by atoms with E-state index in [1.807, 2.05) is 30.3 Å². The molecule has 0 N–H and O–H groups in total. The Morgan fingerprint density at radius 2 is 2.17 bits per heavy atom. The molecule has 8 heteroatoms. The number of carbonyl (C=O) groups excluding carboxylic acids is 1. The van der Waals surface area contributed by atoms with Crippen LogP contribution >= 0.6 is 0 Å². The number of hydrogen-bond donors (Lipinski definition) is 0. The van der Waals surface area contributed by atoms with Gasteiger partial charge in [0, 0.05) is 10.5 Å². The fourth-order valence-electron chi connectivity index (χ4n) is 2.88. The molecule has 0 saturated carbocycles. The van der Waals surface area contributed by atoms with Gasteiger partial charge in [-0.15, -0.1) is 0 Å². The highest BCUT2D eigenvalue weighted by atomic mass is 16.7. The van der Waals surface area contributed by atoms with Crippen LogP contribution in [0.1, 0.15) is 18.3 Å². The van der Waals surface area contributed by atoms with Crippen molar-refractivity contribution in [1.82, 2.24) is 0 Å². The maximum atomic E-state index is 11.5. The molecule has 2 fully saturated rings. The van der Waals surface area contributed by atoms with Gasteiger partial charge in [-0.05, 0) is 5.53 Å². The summed E-state index contributed by atoms with van der Waals surface area (Å²) in [4.78, 5) is 14.4. The van der Waals surface area contributed by atoms with E-state index < -0.39 is 30.5 Å². The third kappa shape index (κ3) is 3.30. The zero-order valence-electron chi connectivity index (χ0n) is 12.6. The van der Waals surface area contributed by atoms with E-state index in [0.29, 0.717) is 6.61 Å². The molecule has 5 atom stereocenters. The number of ether oxygens (including phenoxy) is 4. The monoisotopic (exact) mass is 319 g/mol. The molecule has 1 aromatic rings. The molecule has 0 aromatic heterocycles. The molecule has 0 radical (unpaired) electrons. The second-order valence-electron chi connectivity index (χ2n) is 5.37. The minimum atomic E-state index is -0.598. The molecule has 0 amide bonds. The zero-order chi connectivity index (χ0) is 16.2. The summed E-state index contributed by atoms with van der Waals surface area (Å²) in [7, 11) is 1.30. The lowest BCUT2D eigenvalue weighted by Gasteiger charge is -2.33. The summed E-state index contributed by atoms with van der Waals surface area (Å²) in [5.41, 5.74) is 9.69. The molecule has 0 unspecified atom stereocenters. The second kappa shape index (κ2) is 6.97. The van der Waals surface area contributed by atoms with Gasteiger partial charge in [0.1, 0.15) is 12.2 Å². The van der Waals surface area contributed by atoms with Crippen LogP contribution in [0.25, 0.3) is 10.4 Å². The SMILES string of the molecule is COC(=O)C[C@H]1O[C@@H]2CO[C@H](c3ccccc3)O[C@@H]2[C@@H]1N=[N+]=[N-]. The van der Waals surface area contributed by atoms with E-state index >= 15 is 0 Å². The van der Waals surface area contributed by atoms with Crippen LogP contribution in [0.2, 0.25) is 0 Å². The fraction of sp³-hybridized carbons (Fsp3) is 0.533. The van der Waals surface area contributed by atoms with Crippen LogP contribution in [0.5, 0.6) is 0 Å². The lowest BCUT2D eigenvalue weighted by Crippen LogP contribution is -2.42. The molecule has 0 spiro atoms. The Labute approximate surface area is 132 Å². The van der Waals surface area contributed by atoms with Crippen molar-refractivity contribution in [3.05, 3.63) is 46.3 Å². The van der Waals surface area contributed by atoms with E-state index in [2.05, 4.69) is 14.8 Å². The number of carbonyl (C=O) groups is 1. The van der Waals surface area contributed by atoms with Crippen LogP contribution in [-0.4, -0.2) is 44.0 Å². The summed E-state index contributed by atoms with van der Waals surface area (Å²) in [5.74, 6) is -0.424. The van der Waals surface area contributed by atoms with Gasteiger partial charge in [0.05, 0.1) is 32.3 Å². The standard InChI is InChI=1S/C15H17N3O5/c1-20-12(19)7-10-13(17-18-16)14-11(22-10)8-21-15(23-14)9-5-3-2-4-6-9/h2-6,10-11,13-15H,7-8H2,1H3/t10-,11-,13-,14+,15+/m1/s1. The largest absolute Gasteiger partial charge is 0.469 e. The van der Waals surface area contributed by atoms with Gasteiger partial charge in [-0.2, -0.15) is 0 Å². The summed E-state index contributed by atoms with van der Waals surface area (Å²) in [6, 6.07) is 8.89. The Bertz CT molecular complexity index is 604. The minimum Gasteiger partial charge on any atom is -0.469 e. The van der Waals surface area contributed by atoms with E-state index in [-0.39, 0.29) is 12.5 Å². The molecule has 2 heterocycles. The molecule has 3 rings (SSSR count). The first-order valence-electron chi connectivity index (χ1n) is 7.31. The maximum Gasteiger partial charge on any atom is 0.308 e. The molecule has 8 nitrogen and oxygen atoms in total. The summed E-state index contributed by atoms with van der Waals surface area (Å²) in [6.45, 7) is 0.305. The lowest BCUT2D eigenvalue weighted by molar-refractivity contribution is -0.245. The summed E-state index contributed by atoms with van der Waals surface area (Å²) >= 11 is 0. The molecular weight excluding hydrogens is 302 g/mol. The van der Waals surface area contributed by atoms with E-state index in [0.717, 1.165) is 5.56 Å². The van der Waals surface area contributed by atoms with Crippen LogP contribution in [0.4, 0.5) is 0 Å². The van der Waals surface area contributed by atoms with Crippen LogP contribution in [0, 0.1) is 0 Å². The first-order chi connectivity index (χ1) is 11.2. The van der Waals surface area contributed by atoms with Gasteiger partial charge < -0.3 is 18.9 Å². The summed E-state index contributed by atoms with van der Waals surface area (Å²) < 4.78 is 22.1. The number of nitrogens with zero attached hydrogens (tertiary/aromatic N) is 3. The number of azide groups is 1. The fourth-order valence-corrected chi connectivity index (χ4v) is 2.88. The molecule has 23 heavy (non-hydrogen) atoms. The number of methoxy groups -OCH3 is 1. The van der Waals surface area contributed by atoms with Crippen molar-refractivity contribution in [2.75, 3.05) is 13.7 Å². The van der Waals surface area contributed by atoms with E-state index in [1.54, 1.807) is 0 Å². The average molecular weight is 319 g/mol. The Kier molecular flexibility index (Phi) is 4.78. The Morgan fingerprint density at radius 1 is 1.39 bits per heavy atom. The molecule has 2 aliphatic rings. The summed E-state index contributed by atoms with van der Waals surface area (Å²) in [5, 5.41) is 3.77. The van der Waals surface area contributed by atoms with Crippen LogP contribution in [0.3, 0.4) is 0 Å². The van der Waals surface area contributed by atoms with Crippen molar-refractivity contribution in [2.45, 2.75) is 37.1 Å². The van der Waals surface area contributed by atoms with E-state index in [1.165, 1.54) is 7.11 Å². The normalized spacial score (nSPS) is 32.7. The van der Waals surface area contributed by atoms with Crippen LogP contribution in [-0.2, 0) is 23.7 Å². The molecule has 2 aliphatic heterocycles. The smallest absolute Gasteiger partial charge is 0.308 e. The first-order valence-corrected chi connectivity index (χ1v) is 7.31. The van der Waals surface area contributed by atoms with Crippen molar-refractivity contribution in [3.8, 4) is 0 Å². The van der Waals surface area contributed by atoms with Gasteiger partial charge >= 0.3 is 5.97 Å². The van der Waals surface area contributed by atoms with Gasteiger partial charge in [0.25, 0.3) is 0 Å². The van der Waals surface area contributed by atoms with Crippen molar-refractivity contribution in [2.24, 2.45) is 5.11 Å². The number of rotatable bonds is 4. The highest BCUT2D eigenvalue weighted by Gasteiger charge is 2.49. The van der Waals surface area contributed by atoms with E-state index in [9.17, 15) is 4.79 Å². The maximum absolute atomic E-state index is 11.5. The predicted octanol–water partition coefficient (Wildman–Crippen LogP) is 2.11. The van der Waals surface area contributed by atoms with Gasteiger partial charge in [-0.3, -0.25) is 4.79 Å². The Morgan fingerprint density at radius 3 is 2.87 bits per heavy atom. The van der Waals surface area contributed by atoms with Crippen molar-refractivity contribution < 1.29 is 23.7 Å². The van der Waals surface area contributed by atoms with Gasteiger partial charge in [0.2, 0.25) is 0 Å². The minimum absolute atomic E-state index is 0.00650. The van der Waals surface area contributed by atoms with Gasteiger partial charge in [-0.25, -0.2) is 0 Å². The van der Waals surface area contributed by atoms with E-state index in [4.69, 9.17) is 19.7 Å². The predicted molar refractivity (Wildman–Crippen MR) is 78.2 cm³/mol. The third-order valence-electron chi connectivity index (χ3n) is 3.98. The molecule has 0 bridgehead atoms. The van der Waals surface area contributed by atoms with Crippen LogP contribution < -0.4 is 0 Å². The topological polar surface area (TPSA) is 103 Å². The van der Waals surface area contributed by atoms with Crippen molar-refractivity contribution >= 4 is 5.97 Å². The van der Waals surface area contributed by atoms with Crippen LogP contribution in [0.15, 0.2) is 35.4 Å². The average Bonchev–Trinajstić information content (AvgIpc) is 2.92. The second-order valence-corrected chi connectivity index (χ2v) is 5.37. The number of hydrogen-bond acceptors (Lipinski definition) is 6. The molecular formula is C15H17N3O5. The van der Waals surface area contributed by atoms with Crippen molar-refractivity contribution in [1.29, 1.82) is 0 Å². The number of benzene rings is 1. The number of fused-ring (bicyclic) bond motifs is 1. The number of esters is 1. The first kappa shape index (κ1) is 15.8. The Hall–Kier alpha value is -2.12. The molecule has 2 saturated heterocycles. The molecule has 122 valence electrons. The quantitative estimate of drug-likeness (QED) is 0.366. The summed E-state index contributed by atoms with van der Waals surface area (Å²) in [6.07, 6.45) is -1.95. The Balaban J connectivity index is 1.76. The zero-order valence-corrected chi connectivity index (χ0v) is 12.6. The van der Waals surface area contributed by atoms with Gasteiger partial charge in [-0.1, -0.05) is 35.4 Å². The third-order valence-corrected chi connectivity index (χ3v) is 3.98. The highest BCUT2D eigenvalue weighted by Crippen LogP contribution is 2.37. The molecule has 0 aliphatic carbocycles. The molecule has 1 aromatic carbocycles. The highest BCUT2D eigenvalue weighted by molar-refractivity contribution is 5.70. The van der Waals surface area contributed by atoms with Crippen molar-refractivity contribution in [3.63, 3.8) is 0 Å².